The number of nitrogens with zero attached hydrogens (tertiary/aromatic N) is 1. The Kier molecular flexibility index (Phi) is 5.09. The van der Waals surface area contributed by atoms with E-state index in [4.69, 9.17) is 0 Å². The fourth-order valence-corrected chi connectivity index (χ4v) is 3.49. The van der Waals surface area contributed by atoms with Gasteiger partial charge in [-0.2, -0.15) is 0 Å². The molecular weight excluding hydrogens is 287 g/mol. The van der Waals surface area contributed by atoms with Crippen molar-refractivity contribution in [3.05, 3.63) is 70.5 Å². The van der Waals surface area contributed by atoms with Crippen LogP contribution >= 0.6 is 0 Å². The second kappa shape index (κ2) is 7.24. The number of hydrogen-bond donors (Lipinski definition) is 1. The van der Waals surface area contributed by atoms with Gasteiger partial charge in [0.25, 0.3) is 0 Å². The van der Waals surface area contributed by atoms with Crippen molar-refractivity contribution in [3.8, 4) is 0 Å². The highest BCUT2D eigenvalue weighted by atomic mass is 19.1. The predicted octanol–water partition coefficient (Wildman–Crippen LogP) is 3.83. The van der Waals surface area contributed by atoms with Crippen molar-refractivity contribution in [2.45, 2.75) is 26.3 Å². The number of benzene rings is 2. The third kappa shape index (κ3) is 3.80. The second-order valence-corrected chi connectivity index (χ2v) is 6.45. The van der Waals surface area contributed by atoms with Crippen LogP contribution in [0.5, 0.6) is 0 Å². The van der Waals surface area contributed by atoms with Crippen LogP contribution in [0.4, 0.5) is 4.39 Å². The molecule has 1 aliphatic rings. The summed E-state index contributed by atoms with van der Waals surface area (Å²) in [6.45, 7) is 8.44. The Labute approximate surface area is 138 Å². The summed E-state index contributed by atoms with van der Waals surface area (Å²) in [5.74, 6) is -0.175. The molecule has 1 saturated heterocycles. The molecule has 1 unspecified atom stereocenters. The van der Waals surface area contributed by atoms with Crippen molar-refractivity contribution in [3.63, 3.8) is 0 Å². The average Bonchev–Trinajstić information content (AvgIpc) is 2.81. The number of aryl methyl sites for hydroxylation is 2. The van der Waals surface area contributed by atoms with Gasteiger partial charge in [0.1, 0.15) is 5.82 Å². The molecule has 1 fully saturated rings. The summed E-state index contributed by atoms with van der Waals surface area (Å²) in [6, 6.07) is 13.8. The lowest BCUT2D eigenvalue weighted by molar-refractivity contribution is 0.240. The minimum Gasteiger partial charge on any atom is -0.315 e. The number of hydrogen-bond acceptors (Lipinski definition) is 2. The molecule has 1 atom stereocenters. The predicted molar refractivity (Wildman–Crippen MR) is 93.2 cm³/mol. The lowest BCUT2D eigenvalue weighted by Gasteiger charge is -2.32. The maximum atomic E-state index is 13.4. The van der Waals surface area contributed by atoms with E-state index < -0.39 is 0 Å². The minimum atomic E-state index is -0.175. The Morgan fingerprint density at radius 1 is 1.00 bits per heavy atom. The topological polar surface area (TPSA) is 15.3 Å². The van der Waals surface area contributed by atoms with Gasteiger partial charge in [-0.1, -0.05) is 35.9 Å². The van der Waals surface area contributed by atoms with Gasteiger partial charge in [0.05, 0.1) is 6.04 Å². The number of nitrogens with one attached hydrogen (secondary N) is 1. The molecule has 1 N–H and O–H groups in total. The largest absolute Gasteiger partial charge is 0.315 e. The van der Waals surface area contributed by atoms with Crippen LogP contribution in [0.2, 0.25) is 0 Å². The fourth-order valence-electron chi connectivity index (χ4n) is 3.49. The zero-order chi connectivity index (χ0) is 16.2. The van der Waals surface area contributed by atoms with Gasteiger partial charge in [0.2, 0.25) is 0 Å². The van der Waals surface area contributed by atoms with E-state index in [2.05, 4.69) is 42.3 Å². The van der Waals surface area contributed by atoms with E-state index in [1.54, 1.807) is 12.1 Å². The second-order valence-electron chi connectivity index (χ2n) is 6.45. The molecular formula is C20H25FN2. The Morgan fingerprint density at radius 3 is 2.52 bits per heavy atom. The molecule has 0 amide bonds. The maximum Gasteiger partial charge on any atom is 0.123 e. The third-order valence-corrected chi connectivity index (χ3v) is 4.65. The van der Waals surface area contributed by atoms with Crippen LogP contribution in [0.25, 0.3) is 0 Å². The quantitative estimate of drug-likeness (QED) is 0.926. The summed E-state index contributed by atoms with van der Waals surface area (Å²) in [7, 11) is 0. The standard InChI is InChI=1S/C20H25FN2/c1-15-4-9-19(16(2)14-15)20(17-5-7-18(21)8-6-17)23-12-3-10-22-11-13-23/h4-9,14,20,22H,3,10-13H2,1-2H3. The van der Waals surface area contributed by atoms with E-state index in [9.17, 15) is 4.39 Å². The molecule has 3 heteroatoms. The molecule has 122 valence electrons. The van der Waals surface area contributed by atoms with Crippen molar-refractivity contribution >= 4 is 0 Å². The minimum absolute atomic E-state index is 0.175. The summed E-state index contributed by atoms with van der Waals surface area (Å²) in [6.07, 6.45) is 1.14. The van der Waals surface area contributed by atoms with E-state index in [1.165, 1.54) is 22.3 Å². The van der Waals surface area contributed by atoms with Crippen LogP contribution in [0, 0.1) is 19.7 Å². The Balaban J connectivity index is 2.03. The molecule has 2 aromatic carbocycles. The molecule has 23 heavy (non-hydrogen) atoms. The van der Waals surface area contributed by atoms with Gasteiger partial charge in [-0.3, -0.25) is 4.90 Å². The molecule has 0 aliphatic carbocycles. The van der Waals surface area contributed by atoms with Crippen molar-refractivity contribution in [1.29, 1.82) is 0 Å². The summed E-state index contributed by atoms with van der Waals surface area (Å²) >= 11 is 0. The van der Waals surface area contributed by atoms with Gasteiger partial charge < -0.3 is 5.32 Å². The molecule has 0 saturated carbocycles. The van der Waals surface area contributed by atoms with Gasteiger partial charge in [-0.15, -0.1) is 0 Å². The molecule has 0 bridgehead atoms. The lowest BCUT2D eigenvalue weighted by atomic mass is 9.92. The highest BCUT2D eigenvalue weighted by Crippen LogP contribution is 2.31. The molecule has 0 spiro atoms. The van der Waals surface area contributed by atoms with Crippen molar-refractivity contribution in [2.24, 2.45) is 0 Å². The monoisotopic (exact) mass is 312 g/mol. The third-order valence-electron chi connectivity index (χ3n) is 4.65. The van der Waals surface area contributed by atoms with E-state index in [-0.39, 0.29) is 11.9 Å². The van der Waals surface area contributed by atoms with Gasteiger partial charge >= 0.3 is 0 Å². The fraction of sp³-hybridized carbons (Fsp3) is 0.400. The van der Waals surface area contributed by atoms with Crippen LogP contribution in [0.1, 0.15) is 34.7 Å². The van der Waals surface area contributed by atoms with Crippen LogP contribution in [0.15, 0.2) is 42.5 Å². The number of halogens is 1. The van der Waals surface area contributed by atoms with E-state index >= 15 is 0 Å². The molecule has 2 nitrogen and oxygen atoms in total. The molecule has 0 radical (unpaired) electrons. The van der Waals surface area contributed by atoms with Gasteiger partial charge in [-0.25, -0.2) is 4.39 Å². The molecule has 2 aromatic rings. The maximum absolute atomic E-state index is 13.4. The summed E-state index contributed by atoms with van der Waals surface area (Å²) in [5.41, 5.74) is 5.07. The summed E-state index contributed by atoms with van der Waals surface area (Å²) in [4.78, 5) is 2.52. The zero-order valence-electron chi connectivity index (χ0n) is 14.0. The highest BCUT2D eigenvalue weighted by Gasteiger charge is 2.24. The van der Waals surface area contributed by atoms with E-state index in [0.717, 1.165) is 32.6 Å². The normalized spacial score (nSPS) is 17.7. The summed E-state index contributed by atoms with van der Waals surface area (Å²) < 4.78 is 13.4. The van der Waals surface area contributed by atoms with Crippen LogP contribution in [0.3, 0.4) is 0 Å². The van der Waals surface area contributed by atoms with Crippen molar-refractivity contribution < 1.29 is 4.39 Å². The van der Waals surface area contributed by atoms with E-state index in [1.807, 2.05) is 12.1 Å². The van der Waals surface area contributed by atoms with Gasteiger partial charge in [-0.05, 0) is 55.6 Å². The number of rotatable bonds is 3. The Bertz CT molecular complexity index is 643. The van der Waals surface area contributed by atoms with Crippen LogP contribution < -0.4 is 5.32 Å². The van der Waals surface area contributed by atoms with Gasteiger partial charge in [0.15, 0.2) is 0 Å². The Hall–Kier alpha value is -1.71. The first-order chi connectivity index (χ1) is 11.1. The average molecular weight is 312 g/mol. The lowest BCUT2D eigenvalue weighted by Crippen LogP contribution is -2.33. The van der Waals surface area contributed by atoms with Gasteiger partial charge in [0, 0.05) is 19.6 Å². The summed E-state index contributed by atoms with van der Waals surface area (Å²) in [5, 5.41) is 3.47. The zero-order valence-corrected chi connectivity index (χ0v) is 14.0. The molecule has 1 heterocycles. The highest BCUT2D eigenvalue weighted by molar-refractivity contribution is 5.39. The first-order valence-electron chi connectivity index (χ1n) is 8.42. The SMILES string of the molecule is Cc1ccc(C(c2ccc(F)cc2)N2CCCNCC2)c(C)c1. The van der Waals surface area contributed by atoms with Crippen LogP contribution in [-0.2, 0) is 0 Å². The first kappa shape index (κ1) is 16.2. The van der Waals surface area contributed by atoms with E-state index in [0.29, 0.717) is 0 Å². The molecule has 3 rings (SSSR count). The molecule has 0 aromatic heterocycles. The van der Waals surface area contributed by atoms with Crippen LogP contribution in [-0.4, -0.2) is 31.1 Å². The first-order valence-corrected chi connectivity index (χ1v) is 8.42. The van der Waals surface area contributed by atoms with Crippen molar-refractivity contribution in [2.75, 3.05) is 26.2 Å². The van der Waals surface area contributed by atoms with Crippen molar-refractivity contribution in [1.82, 2.24) is 10.2 Å². The Morgan fingerprint density at radius 2 is 1.78 bits per heavy atom. The smallest absolute Gasteiger partial charge is 0.123 e. The molecule has 1 aliphatic heterocycles.